The molecule has 26 heavy (non-hydrogen) atoms. The van der Waals surface area contributed by atoms with Gasteiger partial charge in [0.05, 0.1) is 10.7 Å². The third-order valence-electron chi connectivity index (χ3n) is 5.00. The average molecular weight is 417 g/mol. The average Bonchev–Trinajstić information content (AvgIpc) is 3.12. The Kier molecular flexibility index (Phi) is 7.52. The highest BCUT2D eigenvalue weighted by molar-refractivity contribution is 7.09. The van der Waals surface area contributed by atoms with Crippen LogP contribution in [0.2, 0.25) is 0 Å². The quantitative estimate of drug-likeness (QED) is 0.776. The molecule has 1 amide bonds. The Balaban J connectivity index is 0.00000121. The van der Waals surface area contributed by atoms with Gasteiger partial charge in [0.1, 0.15) is 5.69 Å². The number of nitrogens with zero attached hydrogens (tertiary/aromatic N) is 2. The number of halogens is 2. The molecular weight excluding hydrogens is 391 g/mol. The summed E-state index contributed by atoms with van der Waals surface area (Å²) in [4.78, 5) is 22.3. The molecule has 0 spiro atoms. The van der Waals surface area contributed by atoms with E-state index in [1.165, 1.54) is 12.8 Å². The number of hydrogen-bond acceptors (Lipinski definition) is 4. The molecule has 0 unspecified atom stereocenters. The maximum Gasteiger partial charge on any atom is 0.270 e. The molecule has 2 aromatic rings. The monoisotopic (exact) mass is 416 g/mol. The summed E-state index contributed by atoms with van der Waals surface area (Å²) in [7, 11) is 0. The van der Waals surface area contributed by atoms with E-state index in [1.54, 1.807) is 11.3 Å². The first-order chi connectivity index (χ1) is 11.7. The van der Waals surface area contributed by atoms with Gasteiger partial charge in [0.2, 0.25) is 0 Å². The van der Waals surface area contributed by atoms with Gasteiger partial charge in [-0.1, -0.05) is 0 Å². The van der Waals surface area contributed by atoms with Crippen molar-refractivity contribution in [3.8, 4) is 11.3 Å². The summed E-state index contributed by atoms with van der Waals surface area (Å²) >= 11 is 1.63. The van der Waals surface area contributed by atoms with Gasteiger partial charge in [0.15, 0.2) is 0 Å². The zero-order valence-corrected chi connectivity index (χ0v) is 17.3. The lowest BCUT2D eigenvalue weighted by Crippen LogP contribution is -2.45. The normalized spacial score (nSPS) is 17.5. The molecule has 0 radical (unpaired) electrons. The lowest BCUT2D eigenvalue weighted by Gasteiger charge is -2.32. The van der Waals surface area contributed by atoms with Crippen molar-refractivity contribution in [2.45, 2.75) is 38.6 Å². The van der Waals surface area contributed by atoms with Crippen molar-refractivity contribution in [3.63, 3.8) is 0 Å². The maximum atomic E-state index is 12.7. The minimum Gasteiger partial charge on any atom is -0.357 e. The van der Waals surface area contributed by atoms with Crippen LogP contribution in [0.15, 0.2) is 17.6 Å². The molecule has 0 atom stereocenters. The highest BCUT2D eigenvalue weighted by atomic mass is 35.5. The highest BCUT2D eigenvalue weighted by Crippen LogP contribution is 2.28. The molecule has 1 aliphatic heterocycles. The Bertz CT molecular complexity index is 720. The lowest BCUT2D eigenvalue weighted by atomic mass is 10.0. The van der Waals surface area contributed by atoms with Crippen molar-refractivity contribution in [3.05, 3.63) is 28.3 Å². The van der Waals surface area contributed by atoms with Crippen molar-refractivity contribution in [2.75, 3.05) is 19.6 Å². The number of thiazole rings is 1. The Hall–Kier alpha value is -1.08. The third kappa shape index (κ3) is 5.00. The summed E-state index contributed by atoms with van der Waals surface area (Å²) in [5, 5.41) is 6.73. The first-order valence-electron chi connectivity index (χ1n) is 8.82. The fourth-order valence-corrected chi connectivity index (χ4v) is 3.90. The summed E-state index contributed by atoms with van der Waals surface area (Å²) < 4.78 is 0. The van der Waals surface area contributed by atoms with E-state index in [2.05, 4.69) is 15.3 Å². The lowest BCUT2D eigenvalue weighted by molar-refractivity contribution is 0.0699. The largest absolute Gasteiger partial charge is 0.357 e. The summed E-state index contributed by atoms with van der Waals surface area (Å²) in [6, 6.07) is 2.50. The Morgan fingerprint density at radius 2 is 2.04 bits per heavy atom. The molecular formula is C18H26Cl2N4OS. The second-order valence-corrected chi connectivity index (χ2v) is 8.03. The Labute approximate surface area is 170 Å². The predicted octanol–water partition coefficient (Wildman–Crippen LogP) is 3.89. The molecule has 2 fully saturated rings. The van der Waals surface area contributed by atoms with Crippen LogP contribution in [0.3, 0.4) is 0 Å². The van der Waals surface area contributed by atoms with E-state index in [1.807, 2.05) is 29.5 Å². The standard InChI is InChI=1S/C18H24N4OS.2ClH/c1-12-21-17(11-24-12)14-8-16(20-10-14)18(23)22-6-4-15(5-7-22)19-9-13-2-3-13;;/h8,10-11,13,15,19-20H,2-7,9H2,1H3;2*1H. The summed E-state index contributed by atoms with van der Waals surface area (Å²) in [6.45, 7) is 4.83. The molecule has 1 aliphatic carbocycles. The van der Waals surface area contributed by atoms with E-state index < -0.39 is 0 Å². The van der Waals surface area contributed by atoms with Crippen LogP contribution in [0.5, 0.6) is 0 Å². The number of hydrogen-bond donors (Lipinski definition) is 2. The van der Waals surface area contributed by atoms with Crippen molar-refractivity contribution >= 4 is 42.1 Å². The number of likely N-dealkylation sites (tertiary alicyclic amines) is 1. The Morgan fingerprint density at radius 1 is 1.31 bits per heavy atom. The van der Waals surface area contributed by atoms with Gasteiger partial charge in [0, 0.05) is 36.3 Å². The third-order valence-corrected chi connectivity index (χ3v) is 5.78. The van der Waals surface area contributed by atoms with E-state index in [-0.39, 0.29) is 30.7 Å². The van der Waals surface area contributed by atoms with Gasteiger partial charge in [-0.15, -0.1) is 36.2 Å². The highest BCUT2D eigenvalue weighted by Gasteiger charge is 2.27. The Morgan fingerprint density at radius 3 is 2.65 bits per heavy atom. The van der Waals surface area contributed by atoms with Crippen LogP contribution in [0, 0.1) is 12.8 Å². The zero-order chi connectivity index (χ0) is 16.5. The molecule has 8 heteroatoms. The molecule has 3 heterocycles. The van der Waals surface area contributed by atoms with Crippen LogP contribution in [0.4, 0.5) is 0 Å². The fraction of sp³-hybridized carbons (Fsp3) is 0.556. The molecule has 0 aromatic carbocycles. The van der Waals surface area contributed by atoms with Gasteiger partial charge in [-0.3, -0.25) is 4.79 Å². The first kappa shape index (κ1) is 21.2. The van der Waals surface area contributed by atoms with Crippen molar-refractivity contribution in [2.24, 2.45) is 5.92 Å². The van der Waals surface area contributed by atoms with Crippen LogP contribution >= 0.6 is 36.2 Å². The van der Waals surface area contributed by atoms with Gasteiger partial charge in [-0.25, -0.2) is 4.98 Å². The van der Waals surface area contributed by atoms with Crippen molar-refractivity contribution in [1.29, 1.82) is 0 Å². The number of piperidine rings is 1. The SMILES string of the molecule is Cc1nc(-c2c[nH]c(C(=O)N3CCC(NCC4CC4)CC3)c2)cs1.Cl.Cl. The van der Waals surface area contributed by atoms with Gasteiger partial charge in [0.25, 0.3) is 5.91 Å². The van der Waals surface area contributed by atoms with E-state index in [9.17, 15) is 4.79 Å². The van der Waals surface area contributed by atoms with Crippen LogP contribution in [0.25, 0.3) is 11.3 Å². The molecule has 1 saturated carbocycles. The first-order valence-corrected chi connectivity index (χ1v) is 9.70. The zero-order valence-electron chi connectivity index (χ0n) is 14.9. The topological polar surface area (TPSA) is 61.0 Å². The summed E-state index contributed by atoms with van der Waals surface area (Å²) in [5.74, 6) is 1.02. The van der Waals surface area contributed by atoms with Crippen LogP contribution in [-0.4, -0.2) is 46.5 Å². The maximum absolute atomic E-state index is 12.7. The molecule has 5 nitrogen and oxygen atoms in total. The van der Waals surface area contributed by atoms with E-state index in [0.717, 1.165) is 54.7 Å². The molecule has 2 aromatic heterocycles. The predicted molar refractivity (Wildman–Crippen MR) is 111 cm³/mol. The molecule has 2 N–H and O–H groups in total. The van der Waals surface area contributed by atoms with Gasteiger partial charge in [-0.2, -0.15) is 0 Å². The van der Waals surface area contributed by atoms with Gasteiger partial charge >= 0.3 is 0 Å². The minimum absolute atomic E-state index is 0. The smallest absolute Gasteiger partial charge is 0.270 e. The number of aromatic nitrogens is 2. The fourth-order valence-electron chi connectivity index (χ4n) is 3.27. The van der Waals surface area contributed by atoms with Gasteiger partial charge in [-0.05, 0) is 51.1 Å². The number of aryl methyl sites for hydroxylation is 1. The van der Waals surface area contributed by atoms with E-state index in [0.29, 0.717) is 11.7 Å². The molecule has 1 saturated heterocycles. The van der Waals surface area contributed by atoms with E-state index in [4.69, 9.17) is 0 Å². The molecule has 4 rings (SSSR count). The number of aromatic amines is 1. The molecule has 2 aliphatic rings. The number of nitrogens with one attached hydrogen (secondary N) is 2. The number of carbonyl (C=O) groups is 1. The second-order valence-electron chi connectivity index (χ2n) is 6.97. The molecule has 0 bridgehead atoms. The number of carbonyl (C=O) groups excluding carboxylic acids is 1. The second kappa shape index (κ2) is 9.22. The van der Waals surface area contributed by atoms with E-state index >= 15 is 0 Å². The van der Waals surface area contributed by atoms with Crippen molar-refractivity contribution in [1.82, 2.24) is 20.2 Å². The van der Waals surface area contributed by atoms with Crippen molar-refractivity contribution < 1.29 is 4.79 Å². The van der Waals surface area contributed by atoms with Crippen LogP contribution in [0.1, 0.15) is 41.2 Å². The number of H-pyrrole nitrogens is 1. The number of rotatable bonds is 5. The summed E-state index contributed by atoms with van der Waals surface area (Å²) in [5.41, 5.74) is 2.60. The number of amides is 1. The van der Waals surface area contributed by atoms with Crippen LogP contribution < -0.4 is 5.32 Å². The minimum atomic E-state index is 0. The van der Waals surface area contributed by atoms with Gasteiger partial charge < -0.3 is 15.2 Å². The summed E-state index contributed by atoms with van der Waals surface area (Å²) in [6.07, 6.45) is 6.76. The molecule has 144 valence electrons. The van der Waals surface area contributed by atoms with Crippen LogP contribution in [-0.2, 0) is 0 Å².